The summed E-state index contributed by atoms with van der Waals surface area (Å²) in [5.41, 5.74) is 9.45. The summed E-state index contributed by atoms with van der Waals surface area (Å²) in [5.74, 6) is 1.20. The highest BCUT2D eigenvalue weighted by Crippen LogP contribution is 2.45. The van der Waals surface area contributed by atoms with E-state index in [4.69, 9.17) is 15.2 Å². The zero-order valence-electron chi connectivity index (χ0n) is 17.5. The lowest BCUT2D eigenvalue weighted by atomic mass is 9.74. The Labute approximate surface area is 172 Å². The summed E-state index contributed by atoms with van der Waals surface area (Å²) in [6.45, 7) is 3.92. The van der Waals surface area contributed by atoms with Crippen molar-refractivity contribution in [2.24, 2.45) is 5.73 Å². The minimum absolute atomic E-state index is 0.492. The molecule has 0 spiro atoms. The normalized spacial score (nSPS) is 12.5. The summed E-state index contributed by atoms with van der Waals surface area (Å²) in [7, 11) is 3.22. The Morgan fingerprint density at radius 3 is 1.72 bits per heavy atom. The summed E-state index contributed by atoms with van der Waals surface area (Å²) in [6, 6.07) is 20.8. The highest BCUT2D eigenvalue weighted by Gasteiger charge is 2.44. The first-order chi connectivity index (χ1) is 13.9. The van der Waals surface area contributed by atoms with Crippen LogP contribution in [0.2, 0.25) is 0 Å². The van der Waals surface area contributed by atoms with E-state index in [1.165, 1.54) is 0 Å². The van der Waals surface area contributed by atoms with Crippen molar-refractivity contribution in [2.75, 3.05) is 14.2 Å². The molecule has 3 N–H and O–H groups in total. The average Bonchev–Trinajstić information content (AvgIpc) is 2.73. The van der Waals surface area contributed by atoms with Crippen LogP contribution in [-0.4, -0.2) is 25.4 Å². The Kier molecular flexibility index (Phi) is 6.26. The second-order valence-electron chi connectivity index (χ2n) is 7.37. The number of nitrogens with two attached hydrogens (primary N) is 1. The summed E-state index contributed by atoms with van der Waals surface area (Å²) in [4.78, 5) is 0. The van der Waals surface area contributed by atoms with Gasteiger partial charge in [-0.1, -0.05) is 54.6 Å². The Balaban J connectivity index is 2.28. The van der Waals surface area contributed by atoms with Gasteiger partial charge in [0.1, 0.15) is 17.1 Å². The van der Waals surface area contributed by atoms with Crippen molar-refractivity contribution in [3.05, 3.63) is 94.5 Å². The van der Waals surface area contributed by atoms with Gasteiger partial charge in [0.2, 0.25) is 0 Å². The van der Waals surface area contributed by atoms with Crippen LogP contribution in [0.15, 0.2) is 66.7 Å². The monoisotopic (exact) mass is 391 g/mol. The number of hydrogen-bond donors (Lipinski definition) is 2. The number of benzene rings is 3. The standard InChI is InChI=1S/C25H29NO3/c1-17-10-8-14-20(28-3)23(17)25(27,22(26)16-19-12-6-5-7-13-19)24-18(2)11-9-15-21(24)29-4/h5-15,22,27H,16,26H2,1-4H3. The number of aliphatic hydroxyl groups is 1. The third kappa shape index (κ3) is 3.86. The van der Waals surface area contributed by atoms with Crippen molar-refractivity contribution in [3.8, 4) is 11.5 Å². The molecule has 4 heteroatoms. The number of aryl methyl sites for hydroxylation is 2. The highest BCUT2D eigenvalue weighted by molar-refractivity contribution is 5.56. The molecule has 4 nitrogen and oxygen atoms in total. The van der Waals surface area contributed by atoms with Crippen LogP contribution in [0.25, 0.3) is 0 Å². The third-order valence-corrected chi connectivity index (χ3v) is 5.51. The van der Waals surface area contributed by atoms with Gasteiger partial charge in [-0.05, 0) is 49.1 Å². The molecular weight excluding hydrogens is 362 g/mol. The van der Waals surface area contributed by atoms with Gasteiger partial charge in [0.15, 0.2) is 0 Å². The molecule has 3 rings (SSSR count). The first-order valence-corrected chi connectivity index (χ1v) is 9.73. The van der Waals surface area contributed by atoms with E-state index in [1.54, 1.807) is 14.2 Å². The van der Waals surface area contributed by atoms with Crippen LogP contribution < -0.4 is 15.2 Å². The second kappa shape index (κ2) is 8.68. The van der Waals surface area contributed by atoms with E-state index in [2.05, 4.69) is 0 Å². The van der Waals surface area contributed by atoms with Gasteiger partial charge in [0.25, 0.3) is 0 Å². The van der Waals surface area contributed by atoms with Gasteiger partial charge in [-0.15, -0.1) is 0 Å². The van der Waals surface area contributed by atoms with Gasteiger partial charge in [0, 0.05) is 17.2 Å². The molecule has 3 aromatic rings. The van der Waals surface area contributed by atoms with Crippen molar-refractivity contribution in [1.29, 1.82) is 0 Å². The molecule has 29 heavy (non-hydrogen) atoms. The van der Waals surface area contributed by atoms with Crippen molar-refractivity contribution in [3.63, 3.8) is 0 Å². The zero-order valence-corrected chi connectivity index (χ0v) is 17.5. The minimum atomic E-state index is -1.51. The van der Waals surface area contributed by atoms with Crippen LogP contribution in [0.4, 0.5) is 0 Å². The number of rotatable bonds is 7. The molecule has 0 aliphatic rings. The SMILES string of the molecule is COc1cccc(C)c1C(O)(c1c(C)cccc1OC)C(N)Cc1ccccc1. The van der Waals surface area contributed by atoms with Gasteiger partial charge in [-0.3, -0.25) is 0 Å². The maximum Gasteiger partial charge on any atom is 0.138 e. The molecular formula is C25H29NO3. The minimum Gasteiger partial charge on any atom is -0.496 e. The second-order valence-corrected chi connectivity index (χ2v) is 7.37. The summed E-state index contributed by atoms with van der Waals surface area (Å²) in [6.07, 6.45) is 0.492. The maximum absolute atomic E-state index is 12.4. The molecule has 0 aromatic heterocycles. The van der Waals surface area contributed by atoms with E-state index in [9.17, 15) is 5.11 Å². The van der Waals surface area contributed by atoms with Crippen LogP contribution in [0.1, 0.15) is 27.8 Å². The van der Waals surface area contributed by atoms with Crippen molar-refractivity contribution >= 4 is 0 Å². The fraction of sp³-hybridized carbons (Fsp3) is 0.280. The van der Waals surface area contributed by atoms with Gasteiger partial charge in [-0.25, -0.2) is 0 Å². The maximum atomic E-state index is 12.4. The lowest BCUT2D eigenvalue weighted by molar-refractivity contribution is 0.0454. The predicted octanol–water partition coefficient (Wildman–Crippen LogP) is 4.13. The molecule has 152 valence electrons. The average molecular weight is 392 g/mol. The smallest absolute Gasteiger partial charge is 0.138 e. The van der Waals surface area contributed by atoms with E-state index in [-0.39, 0.29) is 0 Å². The van der Waals surface area contributed by atoms with E-state index >= 15 is 0 Å². The molecule has 0 aliphatic carbocycles. The molecule has 0 radical (unpaired) electrons. The molecule has 0 amide bonds. The zero-order chi connectivity index (χ0) is 21.0. The van der Waals surface area contributed by atoms with Gasteiger partial charge in [-0.2, -0.15) is 0 Å². The van der Waals surface area contributed by atoms with Crippen LogP contribution >= 0.6 is 0 Å². The van der Waals surface area contributed by atoms with E-state index in [0.29, 0.717) is 29.0 Å². The Morgan fingerprint density at radius 2 is 1.28 bits per heavy atom. The number of ether oxygens (including phenoxy) is 2. The van der Waals surface area contributed by atoms with Crippen molar-refractivity contribution in [1.82, 2.24) is 0 Å². The first kappa shape index (κ1) is 20.9. The largest absolute Gasteiger partial charge is 0.496 e. The fourth-order valence-corrected chi connectivity index (χ4v) is 4.11. The van der Waals surface area contributed by atoms with E-state index in [0.717, 1.165) is 16.7 Å². The van der Waals surface area contributed by atoms with Gasteiger partial charge < -0.3 is 20.3 Å². The third-order valence-electron chi connectivity index (χ3n) is 5.51. The first-order valence-electron chi connectivity index (χ1n) is 9.73. The summed E-state index contributed by atoms with van der Waals surface area (Å²) < 4.78 is 11.3. The predicted molar refractivity (Wildman–Crippen MR) is 117 cm³/mol. The van der Waals surface area contributed by atoms with Crippen molar-refractivity contribution in [2.45, 2.75) is 31.9 Å². The highest BCUT2D eigenvalue weighted by atomic mass is 16.5. The Morgan fingerprint density at radius 1 is 0.793 bits per heavy atom. The van der Waals surface area contributed by atoms with Gasteiger partial charge >= 0.3 is 0 Å². The van der Waals surface area contributed by atoms with Crippen LogP contribution in [0.5, 0.6) is 11.5 Å². The molecule has 0 bridgehead atoms. The quantitative estimate of drug-likeness (QED) is 0.636. The molecule has 0 heterocycles. The summed E-state index contributed by atoms with van der Waals surface area (Å²) >= 11 is 0. The molecule has 0 fully saturated rings. The lowest BCUT2D eigenvalue weighted by Gasteiger charge is -2.39. The Hall–Kier alpha value is -2.82. The van der Waals surface area contributed by atoms with Gasteiger partial charge in [0.05, 0.1) is 14.2 Å². The molecule has 0 saturated carbocycles. The number of hydrogen-bond acceptors (Lipinski definition) is 4. The molecule has 1 atom stereocenters. The number of methoxy groups -OCH3 is 2. The van der Waals surface area contributed by atoms with Crippen molar-refractivity contribution < 1.29 is 14.6 Å². The van der Waals surface area contributed by atoms with Crippen LogP contribution in [-0.2, 0) is 12.0 Å². The lowest BCUT2D eigenvalue weighted by Crippen LogP contribution is -2.49. The molecule has 3 aromatic carbocycles. The molecule has 1 unspecified atom stereocenters. The fourth-order valence-electron chi connectivity index (χ4n) is 4.11. The van der Waals surface area contributed by atoms with E-state index in [1.807, 2.05) is 80.6 Å². The topological polar surface area (TPSA) is 64.7 Å². The van der Waals surface area contributed by atoms with Crippen LogP contribution in [0, 0.1) is 13.8 Å². The van der Waals surface area contributed by atoms with Crippen LogP contribution in [0.3, 0.4) is 0 Å². The molecule has 0 saturated heterocycles. The summed E-state index contributed by atoms with van der Waals surface area (Å²) in [5, 5.41) is 12.4. The van der Waals surface area contributed by atoms with E-state index < -0.39 is 11.6 Å². The molecule has 0 aliphatic heterocycles. The Bertz CT molecular complexity index is 916.